The van der Waals surface area contributed by atoms with Gasteiger partial charge in [-0.3, -0.25) is 19.7 Å². The molecule has 3 fully saturated rings. The van der Waals surface area contributed by atoms with Crippen molar-refractivity contribution in [2.45, 2.75) is 83.4 Å². The molecule has 1 N–H and O–H groups in total. The number of rotatable bonds is 4. The van der Waals surface area contributed by atoms with Crippen molar-refractivity contribution >= 4 is 23.8 Å². The second kappa shape index (κ2) is 10.7. The number of imide groups is 1. The Morgan fingerprint density at radius 2 is 1.71 bits per heavy atom. The molecular weight excluding hydrogens is 484 g/mol. The Hall–Kier alpha value is -2.94. The minimum absolute atomic E-state index is 0.105. The third kappa shape index (κ3) is 5.87. The summed E-state index contributed by atoms with van der Waals surface area (Å²) in [6, 6.07) is 5.65. The highest BCUT2D eigenvalue weighted by molar-refractivity contribution is 6.05. The Labute approximate surface area is 224 Å². The Morgan fingerprint density at radius 3 is 2.37 bits per heavy atom. The number of amides is 4. The molecule has 5 rings (SSSR count). The number of hydrogen-bond donors (Lipinski definition) is 1. The van der Waals surface area contributed by atoms with Crippen LogP contribution in [0.4, 0.5) is 4.79 Å². The second-order valence-electron chi connectivity index (χ2n) is 12.3. The summed E-state index contributed by atoms with van der Waals surface area (Å²) in [5.41, 5.74) is 2.40. The SMILES string of the molecule is CC(C)(C)OC(=O)N1CCC(CN2CCC(c3ccc4c(c3)C(=O)N(C3CCC(=O)NC3=O)C4)CC2)CC1. The van der Waals surface area contributed by atoms with Crippen LogP contribution in [0.15, 0.2) is 18.2 Å². The number of fused-ring (bicyclic) bond motifs is 1. The zero-order valence-corrected chi connectivity index (χ0v) is 22.8. The maximum Gasteiger partial charge on any atom is 0.410 e. The Morgan fingerprint density at radius 1 is 1.00 bits per heavy atom. The van der Waals surface area contributed by atoms with Gasteiger partial charge in [-0.15, -0.1) is 0 Å². The zero-order chi connectivity index (χ0) is 27.0. The van der Waals surface area contributed by atoms with Crippen LogP contribution in [0.1, 0.15) is 86.7 Å². The van der Waals surface area contributed by atoms with Crippen molar-refractivity contribution in [1.82, 2.24) is 20.0 Å². The van der Waals surface area contributed by atoms with Gasteiger partial charge in [0.25, 0.3) is 5.91 Å². The smallest absolute Gasteiger partial charge is 0.410 e. The number of carbonyl (C=O) groups is 4. The van der Waals surface area contributed by atoms with E-state index in [2.05, 4.69) is 16.3 Å². The molecule has 4 aliphatic rings. The van der Waals surface area contributed by atoms with E-state index in [9.17, 15) is 19.2 Å². The van der Waals surface area contributed by atoms with Crippen molar-refractivity contribution in [2.24, 2.45) is 5.92 Å². The number of likely N-dealkylation sites (tertiary alicyclic amines) is 2. The van der Waals surface area contributed by atoms with Crippen LogP contribution in [-0.4, -0.2) is 82.9 Å². The molecule has 4 aliphatic heterocycles. The molecule has 4 heterocycles. The molecule has 0 bridgehead atoms. The molecule has 1 aromatic rings. The molecule has 0 saturated carbocycles. The number of carbonyl (C=O) groups excluding carboxylic acids is 4. The van der Waals surface area contributed by atoms with Gasteiger partial charge in [0.2, 0.25) is 11.8 Å². The Kier molecular flexibility index (Phi) is 7.49. The monoisotopic (exact) mass is 524 g/mol. The topological polar surface area (TPSA) is 99.3 Å². The number of nitrogens with one attached hydrogen (secondary N) is 1. The molecule has 9 nitrogen and oxygen atoms in total. The summed E-state index contributed by atoms with van der Waals surface area (Å²) >= 11 is 0. The minimum atomic E-state index is -0.574. The van der Waals surface area contributed by atoms with Crippen LogP contribution in [-0.2, 0) is 20.9 Å². The fourth-order valence-electron chi connectivity index (χ4n) is 6.26. The molecule has 38 heavy (non-hydrogen) atoms. The van der Waals surface area contributed by atoms with Crippen molar-refractivity contribution in [2.75, 3.05) is 32.7 Å². The lowest BCUT2D eigenvalue weighted by Crippen LogP contribution is -2.52. The van der Waals surface area contributed by atoms with Crippen molar-refractivity contribution in [3.63, 3.8) is 0 Å². The number of ether oxygens (including phenoxy) is 1. The fourth-order valence-corrected chi connectivity index (χ4v) is 6.26. The minimum Gasteiger partial charge on any atom is -0.444 e. The first-order chi connectivity index (χ1) is 18.1. The van der Waals surface area contributed by atoms with E-state index in [4.69, 9.17) is 4.74 Å². The molecule has 1 aromatic carbocycles. The molecule has 0 aliphatic carbocycles. The van der Waals surface area contributed by atoms with E-state index in [0.29, 0.717) is 30.4 Å². The number of benzene rings is 1. The second-order valence-corrected chi connectivity index (χ2v) is 12.3. The summed E-state index contributed by atoms with van der Waals surface area (Å²) in [6.45, 7) is 10.8. The standard InChI is InChI=1S/C29H40N4O5/c1-29(2,3)38-28(37)32-14-8-19(9-15-32)17-31-12-10-20(11-13-31)21-4-5-22-18-33(27(36)23(22)16-21)24-6-7-25(34)30-26(24)35/h4-5,16,19-20,24H,6-15,17-18H2,1-3H3,(H,30,34,35). The zero-order valence-electron chi connectivity index (χ0n) is 22.8. The normalized spacial score (nSPS) is 24.0. The maximum atomic E-state index is 13.2. The van der Waals surface area contributed by atoms with E-state index in [-0.39, 0.29) is 30.2 Å². The van der Waals surface area contributed by atoms with Crippen LogP contribution in [0.3, 0.4) is 0 Å². The quantitative estimate of drug-likeness (QED) is 0.607. The van der Waals surface area contributed by atoms with Crippen LogP contribution >= 0.6 is 0 Å². The Bertz CT molecular complexity index is 1100. The van der Waals surface area contributed by atoms with Gasteiger partial charge in [-0.05, 0) is 95.0 Å². The van der Waals surface area contributed by atoms with Crippen molar-refractivity contribution in [3.05, 3.63) is 34.9 Å². The van der Waals surface area contributed by atoms with E-state index in [0.717, 1.165) is 64.0 Å². The number of hydrogen-bond acceptors (Lipinski definition) is 6. The average Bonchev–Trinajstić information content (AvgIpc) is 3.19. The number of nitrogens with zero attached hydrogens (tertiary/aromatic N) is 3. The van der Waals surface area contributed by atoms with Gasteiger partial charge in [0.15, 0.2) is 0 Å². The van der Waals surface area contributed by atoms with E-state index in [1.165, 1.54) is 5.56 Å². The van der Waals surface area contributed by atoms with Crippen molar-refractivity contribution in [1.29, 1.82) is 0 Å². The molecule has 3 saturated heterocycles. The predicted octanol–water partition coefficient (Wildman–Crippen LogP) is 3.27. The largest absolute Gasteiger partial charge is 0.444 e. The first-order valence-corrected chi connectivity index (χ1v) is 14.0. The summed E-state index contributed by atoms with van der Waals surface area (Å²) in [5, 5.41) is 2.37. The molecular formula is C29H40N4O5. The van der Waals surface area contributed by atoms with E-state index in [1.807, 2.05) is 37.8 Å². The van der Waals surface area contributed by atoms with Gasteiger partial charge in [0.05, 0.1) is 0 Å². The van der Waals surface area contributed by atoms with Crippen LogP contribution in [0.5, 0.6) is 0 Å². The van der Waals surface area contributed by atoms with Gasteiger partial charge in [0.1, 0.15) is 11.6 Å². The molecule has 206 valence electrons. The molecule has 1 atom stereocenters. The molecule has 0 radical (unpaired) electrons. The first kappa shape index (κ1) is 26.7. The molecule has 0 aromatic heterocycles. The lowest BCUT2D eigenvalue weighted by atomic mass is 9.87. The van der Waals surface area contributed by atoms with Crippen LogP contribution in [0, 0.1) is 5.92 Å². The Balaban J connectivity index is 1.10. The van der Waals surface area contributed by atoms with Crippen LogP contribution < -0.4 is 5.32 Å². The van der Waals surface area contributed by atoms with E-state index in [1.54, 1.807) is 4.90 Å². The summed E-state index contributed by atoms with van der Waals surface area (Å²) < 4.78 is 5.52. The van der Waals surface area contributed by atoms with Crippen molar-refractivity contribution in [3.8, 4) is 0 Å². The van der Waals surface area contributed by atoms with E-state index >= 15 is 0 Å². The van der Waals surface area contributed by atoms with Gasteiger partial charge in [-0.1, -0.05) is 12.1 Å². The van der Waals surface area contributed by atoms with Crippen molar-refractivity contribution < 1.29 is 23.9 Å². The van der Waals surface area contributed by atoms with Crippen LogP contribution in [0.25, 0.3) is 0 Å². The first-order valence-electron chi connectivity index (χ1n) is 14.0. The highest BCUT2D eigenvalue weighted by Crippen LogP contribution is 2.34. The number of piperidine rings is 3. The van der Waals surface area contributed by atoms with Gasteiger partial charge in [-0.25, -0.2) is 4.79 Å². The molecule has 1 unspecified atom stereocenters. The highest BCUT2D eigenvalue weighted by atomic mass is 16.6. The van der Waals surface area contributed by atoms with Gasteiger partial charge >= 0.3 is 6.09 Å². The van der Waals surface area contributed by atoms with Gasteiger partial charge < -0.3 is 19.4 Å². The lowest BCUT2D eigenvalue weighted by Gasteiger charge is -2.38. The summed E-state index contributed by atoms with van der Waals surface area (Å²) in [4.78, 5) is 55.4. The third-order valence-electron chi connectivity index (χ3n) is 8.39. The summed E-state index contributed by atoms with van der Waals surface area (Å²) in [5.74, 6) is 0.274. The average molecular weight is 525 g/mol. The predicted molar refractivity (Wildman–Crippen MR) is 141 cm³/mol. The molecule has 4 amide bonds. The maximum absolute atomic E-state index is 13.2. The third-order valence-corrected chi connectivity index (χ3v) is 8.39. The highest BCUT2D eigenvalue weighted by Gasteiger charge is 2.39. The van der Waals surface area contributed by atoms with Gasteiger partial charge in [-0.2, -0.15) is 0 Å². The van der Waals surface area contributed by atoms with Crippen LogP contribution in [0.2, 0.25) is 0 Å². The molecule has 0 spiro atoms. The lowest BCUT2D eigenvalue weighted by molar-refractivity contribution is -0.136. The van der Waals surface area contributed by atoms with E-state index < -0.39 is 11.6 Å². The van der Waals surface area contributed by atoms with Gasteiger partial charge in [0, 0.05) is 38.2 Å². The summed E-state index contributed by atoms with van der Waals surface area (Å²) in [7, 11) is 0. The summed E-state index contributed by atoms with van der Waals surface area (Å²) in [6.07, 6.45) is 4.58. The molecule has 9 heteroatoms. The fraction of sp³-hybridized carbons (Fsp3) is 0.655.